The molecule has 3 aromatic rings. The largest absolute Gasteiger partial charge is 0.487 e. The normalized spacial score (nSPS) is 15.8. The fourth-order valence-electron chi connectivity index (χ4n) is 4.22. The van der Waals surface area contributed by atoms with E-state index < -0.39 is 10.0 Å². The van der Waals surface area contributed by atoms with Gasteiger partial charge >= 0.3 is 0 Å². The zero-order valence-corrected chi connectivity index (χ0v) is 19.2. The number of benzene rings is 2. The highest BCUT2D eigenvalue weighted by atomic mass is 32.2. The molecule has 0 atom stereocenters. The molecule has 0 unspecified atom stereocenters. The summed E-state index contributed by atoms with van der Waals surface area (Å²) in [6.07, 6.45) is 3.90. The van der Waals surface area contributed by atoms with E-state index in [-0.39, 0.29) is 16.8 Å². The van der Waals surface area contributed by atoms with Crippen molar-refractivity contribution in [2.24, 2.45) is 0 Å². The SMILES string of the molecule is CN(C1CCCC1)S(=O)(=O)c1ccc(C(=O)Nc2nc3c(s2)COc2ccccc2-3)cc1. The van der Waals surface area contributed by atoms with Crippen molar-refractivity contribution in [2.75, 3.05) is 12.4 Å². The zero-order chi connectivity index (χ0) is 22.3. The van der Waals surface area contributed by atoms with Crippen LogP contribution in [-0.2, 0) is 16.6 Å². The van der Waals surface area contributed by atoms with Gasteiger partial charge in [-0.25, -0.2) is 13.4 Å². The maximum atomic E-state index is 12.9. The van der Waals surface area contributed by atoms with Crippen LogP contribution in [0, 0.1) is 0 Å². The zero-order valence-electron chi connectivity index (χ0n) is 17.6. The first-order valence-electron chi connectivity index (χ1n) is 10.5. The van der Waals surface area contributed by atoms with Gasteiger partial charge in [-0.2, -0.15) is 4.31 Å². The fourth-order valence-corrected chi connectivity index (χ4v) is 6.52. The molecule has 1 saturated carbocycles. The highest BCUT2D eigenvalue weighted by Gasteiger charge is 2.30. The molecule has 9 heteroatoms. The van der Waals surface area contributed by atoms with E-state index in [0.717, 1.165) is 47.6 Å². The van der Waals surface area contributed by atoms with E-state index in [1.165, 1.54) is 39.9 Å². The molecule has 5 rings (SSSR count). The standard InChI is InChI=1S/C23H23N3O4S2/c1-26(16-6-2-3-7-16)32(28,29)17-12-10-15(11-13-17)22(27)25-23-24-21-18-8-4-5-9-19(18)30-14-20(21)31-23/h4-5,8-13,16H,2-3,6-7,14H2,1H3,(H,24,25,27). The number of fused-ring (bicyclic) bond motifs is 3. The molecule has 2 heterocycles. The lowest BCUT2D eigenvalue weighted by Gasteiger charge is -2.23. The topological polar surface area (TPSA) is 88.6 Å². The van der Waals surface area contributed by atoms with Crippen LogP contribution in [0.5, 0.6) is 5.75 Å². The minimum atomic E-state index is -3.58. The Morgan fingerprint density at radius 2 is 1.84 bits per heavy atom. The highest BCUT2D eigenvalue weighted by molar-refractivity contribution is 7.89. The first-order valence-corrected chi connectivity index (χ1v) is 12.8. The second-order valence-corrected chi connectivity index (χ2v) is 11.1. The van der Waals surface area contributed by atoms with E-state index in [9.17, 15) is 13.2 Å². The Morgan fingerprint density at radius 3 is 2.59 bits per heavy atom. The van der Waals surface area contributed by atoms with Crippen LogP contribution in [0.4, 0.5) is 5.13 Å². The van der Waals surface area contributed by atoms with Gasteiger partial charge in [-0.1, -0.05) is 36.3 Å². The van der Waals surface area contributed by atoms with Crippen molar-refractivity contribution in [1.82, 2.24) is 9.29 Å². The van der Waals surface area contributed by atoms with E-state index in [1.54, 1.807) is 7.05 Å². The van der Waals surface area contributed by atoms with Crippen molar-refractivity contribution in [3.8, 4) is 17.0 Å². The summed E-state index contributed by atoms with van der Waals surface area (Å²) >= 11 is 1.38. The Kier molecular flexibility index (Phi) is 5.48. The Morgan fingerprint density at radius 1 is 1.12 bits per heavy atom. The number of ether oxygens (including phenoxy) is 1. The molecule has 32 heavy (non-hydrogen) atoms. The van der Waals surface area contributed by atoms with Gasteiger partial charge in [0.15, 0.2) is 5.13 Å². The minimum Gasteiger partial charge on any atom is -0.487 e. The molecule has 1 aliphatic heterocycles. The molecular formula is C23H23N3O4S2. The van der Waals surface area contributed by atoms with Crippen molar-refractivity contribution in [1.29, 1.82) is 0 Å². The number of hydrogen-bond donors (Lipinski definition) is 1. The van der Waals surface area contributed by atoms with Crippen LogP contribution in [0.1, 0.15) is 40.9 Å². The molecule has 1 aliphatic carbocycles. The Balaban J connectivity index is 1.32. The van der Waals surface area contributed by atoms with Gasteiger partial charge in [-0.3, -0.25) is 10.1 Å². The number of aromatic nitrogens is 1. The number of amides is 1. The van der Waals surface area contributed by atoms with Gasteiger partial charge in [0.1, 0.15) is 12.4 Å². The number of anilines is 1. The van der Waals surface area contributed by atoms with Crippen molar-refractivity contribution in [3.05, 3.63) is 59.0 Å². The summed E-state index contributed by atoms with van der Waals surface area (Å²) in [6, 6.07) is 13.8. The fraction of sp³-hybridized carbons (Fsp3) is 0.304. The van der Waals surface area contributed by atoms with E-state index in [1.807, 2.05) is 24.3 Å². The molecule has 1 N–H and O–H groups in total. The summed E-state index contributed by atoms with van der Waals surface area (Å²) in [4.78, 5) is 18.5. The number of nitrogens with zero attached hydrogens (tertiary/aromatic N) is 2. The number of sulfonamides is 1. The quantitative estimate of drug-likeness (QED) is 0.594. The van der Waals surface area contributed by atoms with Crippen molar-refractivity contribution < 1.29 is 17.9 Å². The summed E-state index contributed by atoms with van der Waals surface area (Å²) in [6.45, 7) is 0.418. The monoisotopic (exact) mass is 469 g/mol. The molecule has 1 amide bonds. The van der Waals surface area contributed by atoms with Crippen LogP contribution in [-0.4, -0.2) is 36.7 Å². The molecule has 0 saturated heterocycles. The lowest BCUT2D eigenvalue weighted by molar-refractivity contribution is 0.102. The third-order valence-electron chi connectivity index (χ3n) is 6.05. The maximum absolute atomic E-state index is 12.9. The van der Waals surface area contributed by atoms with Gasteiger partial charge in [-0.05, 0) is 49.2 Å². The van der Waals surface area contributed by atoms with Crippen LogP contribution in [0.25, 0.3) is 11.3 Å². The van der Waals surface area contributed by atoms with Crippen LogP contribution in [0.15, 0.2) is 53.4 Å². The Hall–Kier alpha value is -2.75. The summed E-state index contributed by atoms with van der Waals surface area (Å²) < 4.78 is 33.0. The third-order valence-corrected chi connectivity index (χ3v) is 8.92. The number of carbonyl (C=O) groups excluding carboxylic acids is 1. The number of hydrogen-bond acceptors (Lipinski definition) is 6. The molecule has 0 radical (unpaired) electrons. The first kappa shape index (κ1) is 21.1. The van der Waals surface area contributed by atoms with E-state index in [4.69, 9.17) is 4.74 Å². The molecular weight excluding hydrogens is 446 g/mol. The molecule has 7 nitrogen and oxygen atoms in total. The average Bonchev–Trinajstić information content (AvgIpc) is 3.48. The van der Waals surface area contributed by atoms with Crippen molar-refractivity contribution >= 4 is 32.4 Å². The van der Waals surface area contributed by atoms with E-state index in [2.05, 4.69) is 10.3 Å². The maximum Gasteiger partial charge on any atom is 0.257 e. The lowest BCUT2D eigenvalue weighted by Crippen LogP contribution is -2.35. The number of nitrogens with one attached hydrogen (secondary N) is 1. The van der Waals surface area contributed by atoms with E-state index in [0.29, 0.717) is 17.3 Å². The predicted molar refractivity (Wildman–Crippen MR) is 123 cm³/mol. The molecule has 0 bridgehead atoms. The smallest absolute Gasteiger partial charge is 0.257 e. The van der Waals surface area contributed by atoms with Crippen LogP contribution in [0.3, 0.4) is 0 Å². The van der Waals surface area contributed by atoms with Gasteiger partial charge in [-0.15, -0.1) is 0 Å². The van der Waals surface area contributed by atoms with Gasteiger partial charge in [0.2, 0.25) is 10.0 Å². The summed E-state index contributed by atoms with van der Waals surface area (Å²) in [7, 11) is -1.94. The molecule has 0 spiro atoms. The summed E-state index contributed by atoms with van der Waals surface area (Å²) in [5.41, 5.74) is 2.10. The molecule has 1 fully saturated rings. The second-order valence-electron chi connectivity index (χ2n) is 8.01. The highest BCUT2D eigenvalue weighted by Crippen LogP contribution is 2.40. The van der Waals surface area contributed by atoms with Gasteiger partial charge in [0.05, 0.1) is 15.5 Å². The second kappa shape index (κ2) is 8.31. The molecule has 2 aliphatic rings. The van der Waals surface area contributed by atoms with Crippen molar-refractivity contribution in [3.63, 3.8) is 0 Å². The molecule has 2 aromatic carbocycles. The van der Waals surface area contributed by atoms with E-state index >= 15 is 0 Å². The van der Waals surface area contributed by atoms with Gasteiger partial charge in [0, 0.05) is 24.2 Å². The predicted octanol–water partition coefficient (Wildman–Crippen LogP) is 4.52. The Bertz CT molecular complexity index is 1260. The summed E-state index contributed by atoms with van der Waals surface area (Å²) in [5, 5.41) is 3.31. The number of carbonyl (C=O) groups is 1. The molecule has 1 aromatic heterocycles. The van der Waals surface area contributed by atoms with Crippen LogP contribution < -0.4 is 10.1 Å². The van der Waals surface area contributed by atoms with Crippen LogP contribution in [0.2, 0.25) is 0 Å². The first-order chi connectivity index (χ1) is 15.4. The minimum absolute atomic E-state index is 0.0491. The lowest BCUT2D eigenvalue weighted by atomic mass is 10.1. The summed E-state index contributed by atoms with van der Waals surface area (Å²) in [5.74, 6) is 0.445. The van der Waals surface area contributed by atoms with Gasteiger partial charge < -0.3 is 4.74 Å². The van der Waals surface area contributed by atoms with Crippen LogP contribution >= 0.6 is 11.3 Å². The number of rotatable bonds is 5. The third kappa shape index (κ3) is 3.80. The molecule has 166 valence electrons. The number of thiazole rings is 1. The number of para-hydroxylation sites is 1. The van der Waals surface area contributed by atoms with Gasteiger partial charge in [0.25, 0.3) is 5.91 Å². The van der Waals surface area contributed by atoms with Crippen molar-refractivity contribution in [2.45, 2.75) is 43.2 Å². The average molecular weight is 470 g/mol. The Labute approximate surface area is 191 Å².